The average molecular weight is 407 g/mol. The van der Waals surface area contributed by atoms with Crippen LogP contribution in [-0.2, 0) is 11.4 Å². The Kier molecular flexibility index (Phi) is 8.27. The van der Waals surface area contributed by atoms with Crippen LogP contribution in [-0.4, -0.2) is 11.9 Å². The van der Waals surface area contributed by atoms with Gasteiger partial charge in [-0.15, -0.1) is 12.4 Å². The van der Waals surface area contributed by atoms with Crippen LogP contribution in [0.2, 0.25) is 0 Å². The highest BCUT2D eigenvalue weighted by molar-refractivity contribution is 5.85. The van der Waals surface area contributed by atoms with Gasteiger partial charge < -0.3 is 15.8 Å². The van der Waals surface area contributed by atoms with E-state index >= 15 is 0 Å². The van der Waals surface area contributed by atoms with Gasteiger partial charge in [-0.3, -0.25) is 4.79 Å². The van der Waals surface area contributed by atoms with Gasteiger partial charge >= 0.3 is 0 Å². The van der Waals surface area contributed by atoms with Crippen LogP contribution in [0.1, 0.15) is 49.8 Å². The first-order valence-electron chi connectivity index (χ1n) is 9.53. The van der Waals surface area contributed by atoms with Gasteiger partial charge in [0.2, 0.25) is 5.91 Å². The fourth-order valence-electron chi connectivity index (χ4n) is 3.54. The molecule has 3 N–H and O–H groups in total. The van der Waals surface area contributed by atoms with Crippen LogP contribution >= 0.6 is 12.4 Å². The minimum absolute atomic E-state index is 0. The van der Waals surface area contributed by atoms with Gasteiger partial charge in [-0.25, -0.2) is 4.39 Å². The monoisotopic (exact) mass is 406 g/mol. The van der Waals surface area contributed by atoms with Gasteiger partial charge in [0.15, 0.2) is 0 Å². The molecule has 0 bridgehead atoms. The lowest BCUT2D eigenvalue weighted by atomic mass is 9.99. The number of benzene rings is 2. The molecule has 28 heavy (non-hydrogen) atoms. The number of rotatable bonds is 7. The number of hydrogen-bond acceptors (Lipinski definition) is 3. The molecule has 2 aromatic rings. The molecule has 1 amide bonds. The molecule has 2 aromatic carbocycles. The van der Waals surface area contributed by atoms with Crippen molar-refractivity contribution in [3.63, 3.8) is 0 Å². The first-order chi connectivity index (χ1) is 13.0. The maximum absolute atomic E-state index is 12.9. The predicted octanol–water partition coefficient (Wildman–Crippen LogP) is 4.52. The maximum Gasteiger partial charge on any atom is 0.220 e. The number of halogens is 2. The zero-order valence-corrected chi connectivity index (χ0v) is 16.9. The lowest BCUT2D eigenvalue weighted by molar-refractivity contribution is -0.122. The first-order valence-corrected chi connectivity index (χ1v) is 9.53. The smallest absolute Gasteiger partial charge is 0.220 e. The molecule has 0 radical (unpaired) electrons. The normalized spacial score (nSPS) is 19.5. The molecule has 0 aliphatic heterocycles. The molecular weight excluding hydrogens is 379 g/mol. The summed E-state index contributed by atoms with van der Waals surface area (Å²) < 4.78 is 18.6. The van der Waals surface area contributed by atoms with Crippen molar-refractivity contribution in [2.24, 2.45) is 11.7 Å². The summed E-state index contributed by atoms with van der Waals surface area (Å²) in [5.74, 6) is 0.841. The molecular formula is C22H28ClFN2O2. The predicted molar refractivity (Wildman–Crippen MR) is 111 cm³/mol. The Morgan fingerprint density at radius 1 is 1.18 bits per heavy atom. The van der Waals surface area contributed by atoms with Crippen molar-refractivity contribution in [2.45, 2.75) is 51.3 Å². The summed E-state index contributed by atoms with van der Waals surface area (Å²) in [5.41, 5.74) is 7.98. The lowest BCUT2D eigenvalue weighted by Crippen LogP contribution is -2.32. The summed E-state index contributed by atoms with van der Waals surface area (Å²) in [7, 11) is 0. The number of ether oxygens (including phenoxy) is 1. The fraction of sp³-hybridized carbons (Fsp3) is 0.409. The third-order valence-electron chi connectivity index (χ3n) is 5.24. The second kappa shape index (κ2) is 10.4. The van der Waals surface area contributed by atoms with Crippen molar-refractivity contribution in [2.75, 3.05) is 0 Å². The summed E-state index contributed by atoms with van der Waals surface area (Å²) in [6.07, 6.45) is 3.69. The Morgan fingerprint density at radius 3 is 2.46 bits per heavy atom. The second-order valence-electron chi connectivity index (χ2n) is 7.33. The number of amides is 1. The molecule has 152 valence electrons. The van der Waals surface area contributed by atoms with Crippen molar-refractivity contribution < 1.29 is 13.9 Å². The highest BCUT2D eigenvalue weighted by Crippen LogP contribution is 2.27. The first kappa shape index (κ1) is 22.2. The Morgan fingerprint density at radius 2 is 1.86 bits per heavy atom. The van der Waals surface area contributed by atoms with E-state index in [0.29, 0.717) is 18.9 Å². The van der Waals surface area contributed by atoms with E-state index < -0.39 is 0 Å². The van der Waals surface area contributed by atoms with Crippen molar-refractivity contribution in [1.29, 1.82) is 0 Å². The highest BCUT2D eigenvalue weighted by atomic mass is 35.5. The van der Waals surface area contributed by atoms with Gasteiger partial charge in [-0.05, 0) is 61.1 Å². The van der Waals surface area contributed by atoms with Crippen LogP contribution in [0.3, 0.4) is 0 Å². The summed E-state index contributed by atoms with van der Waals surface area (Å²) in [5, 5.41) is 3.06. The van der Waals surface area contributed by atoms with Gasteiger partial charge in [0, 0.05) is 12.5 Å². The molecule has 1 saturated carbocycles. The van der Waals surface area contributed by atoms with Gasteiger partial charge in [-0.1, -0.05) is 30.7 Å². The zero-order chi connectivity index (χ0) is 19.2. The Bertz CT molecular complexity index is 752. The fourth-order valence-corrected chi connectivity index (χ4v) is 3.54. The lowest BCUT2D eigenvalue weighted by Gasteiger charge is -2.18. The van der Waals surface area contributed by atoms with Crippen LogP contribution < -0.4 is 15.8 Å². The molecule has 4 nitrogen and oxygen atoms in total. The summed E-state index contributed by atoms with van der Waals surface area (Å²) >= 11 is 0. The Labute approximate surface area is 172 Å². The summed E-state index contributed by atoms with van der Waals surface area (Å²) in [6.45, 7) is 2.36. The largest absolute Gasteiger partial charge is 0.489 e. The van der Waals surface area contributed by atoms with E-state index in [4.69, 9.17) is 10.5 Å². The van der Waals surface area contributed by atoms with Crippen LogP contribution in [0.5, 0.6) is 5.75 Å². The quantitative estimate of drug-likeness (QED) is 0.710. The Balaban J connectivity index is 0.00000280. The van der Waals surface area contributed by atoms with Gasteiger partial charge in [0.25, 0.3) is 0 Å². The Hall–Kier alpha value is -2.11. The van der Waals surface area contributed by atoms with E-state index in [2.05, 4.69) is 5.32 Å². The maximum atomic E-state index is 12.9. The molecule has 6 heteroatoms. The molecule has 3 atom stereocenters. The molecule has 0 aromatic heterocycles. The van der Waals surface area contributed by atoms with Gasteiger partial charge in [-0.2, -0.15) is 0 Å². The molecule has 0 saturated heterocycles. The average Bonchev–Trinajstić information content (AvgIpc) is 3.06. The van der Waals surface area contributed by atoms with E-state index in [9.17, 15) is 9.18 Å². The molecule has 0 heterocycles. The van der Waals surface area contributed by atoms with E-state index in [1.165, 1.54) is 12.1 Å². The number of nitrogens with two attached hydrogens (primary N) is 1. The molecule has 0 spiro atoms. The molecule has 3 rings (SSSR count). The standard InChI is InChI=1S/C22H27FN2O2.ClH/c1-15(25-22(26)13-18-3-2-4-21(18)24)17-7-11-20(12-8-17)27-14-16-5-9-19(23)10-6-16;/h5-12,15,18,21H,2-4,13-14,24H2,1H3,(H,25,26);1H/t15?,18-,21+;/m0./s1. The van der Waals surface area contributed by atoms with Crippen molar-refractivity contribution in [3.05, 3.63) is 65.5 Å². The highest BCUT2D eigenvalue weighted by Gasteiger charge is 2.26. The minimum Gasteiger partial charge on any atom is -0.489 e. The molecule has 1 unspecified atom stereocenters. The second-order valence-corrected chi connectivity index (χ2v) is 7.33. The van der Waals surface area contributed by atoms with Gasteiger partial charge in [0.05, 0.1) is 6.04 Å². The zero-order valence-electron chi connectivity index (χ0n) is 16.1. The molecule has 1 aliphatic rings. The molecule has 1 fully saturated rings. The van der Waals surface area contributed by atoms with E-state index in [1.54, 1.807) is 12.1 Å². The van der Waals surface area contributed by atoms with Crippen molar-refractivity contribution >= 4 is 18.3 Å². The number of nitrogens with one attached hydrogen (secondary N) is 1. The van der Waals surface area contributed by atoms with Crippen LogP contribution in [0.15, 0.2) is 48.5 Å². The van der Waals surface area contributed by atoms with E-state index in [-0.39, 0.29) is 36.2 Å². The van der Waals surface area contributed by atoms with Crippen molar-refractivity contribution in [1.82, 2.24) is 5.32 Å². The minimum atomic E-state index is -0.256. The number of hydrogen-bond donors (Lipinski definition) is 2. The van der Waals surface area contributed by atoms with Crippen LogP contribution in [0.25, 0.3) is 0 Å². The number of carbonyl (C=O) groups is 1. The SMILES string of the molecule is CC(NC(=O)C[C@@H]1CCC[C@H]1N)c1ccc(OCc2ccc(F)cc2)cc1.Cl. The van der Waals surface area contributed by atoms with Crippen LogP contribution in [0, 0.1) is 11.7 Å². The molecule has 1 aliphatic carbocycles. The van der Waals surface area contributed by atoms with E-state index in [0.717, 1.165) is 36.1 Å². The van der Waals surface area contributed by atoms with Gasteiger partial charge in [0.1, 0.15) is 18.2 Å². The summed E-state index contributed by atoms with van der Waals surface area (Å²) in [6, 6.07) is 14.0. The summed E-state index contributed by atoms with van der Waals surface area (Å²) in [4.78, 5) is 12.3. The number of carbonyl (C=O) groups excluding carboxylic acids is 1. The van der Waals surface area contributed by atoms with Crippen LogP contribution in [0.4, 0.5) is 4.39 Å². The topological polar surface area (TPSA) is 64.4 Å². The third kappa shape index (κ3) is 6.21. The third-order valence-corrected chi connectivity index (χ3v) is 5.24. The van der Waals surface area contributed by atoms with E-state index in [1.807, 2.05) is 31.2 Å². The van der Waals surface area contributed by atoms with Crippen molar-refractivity contribution in [3.8, 4) is 5.75 Å².